The Balaban J connectivity index is 1.67. The van der Waals surface area contributed by atoms with Gasteiger partial charge in [-0.3, -0.25) is 9.52 Å². The molecule has 0 aliphatic rings. The smallest absolute Gasteiger partial charge is 0.271 e. The van der Waals surface area contributed by atoms with Crippen molar-refractivity contribution < 1.29 is 13.2 Å². The molecule has 0 saturated carbocycles. The summed E-state index contributed by atoms with van der Waals surface area (Å²) in [6.45, 7) is 3.64. The van der Waals surface area contributed by atoms with Gasteiger partial charge in [0.15, 0.2) is 0 Å². The van der Waals surface area contributed by atoms with E-state index in [1.165, 1.54) is 0 Å². The van der Waals surface area contributed by atoms with Crippen LogP contribution in [0.2, 0.25) is 0 Å². The maximum atomic E-state index is 12.5. The second kappa shape index (κ2) is 8.79. The molecule has 0 spiro atoms. The summed E-state index contributed by atoms with van der Waals surface area (Å²) in [6.07, 6.45) is 0. The number of hydrazone groups is 1. The zero-order chi connectivity index (χ0) is 21.7. The van der Waals surface area contributed by atoms with Crippen molar-refractivity contribution in [3.05, 3.63) is 89.5 Å². The number of sulfonamides is 1. The Labute approximate surface area is 175 Å². The van der Waals surface area contributed by atoms with Gasteiger partial charge in [-0.15, -0.1) is 0 Å². The van der Waals surface area contributed by atoms with Gasteiger partial charge in [-0.2, -0.15) is 5.10 Å². The quantitative estimate of drug-likeness (QED) is 0.320. The number of hydrogen-bond donors (Lipinski definition) is 3. The average Bonchev–Trinajstić information content (AvgIpc) is 2.73. The van der Waals surface area contributed by atoms with Gasteiger partial charge in [0.05, 0.1) is 10.6 Å². The SMILES string of the molecule is C/C(=N\NC(=O)c1ccc(N)cc1)c1ccc(NS(=O)(=O)c2ccc(C)cc2)cc1. The highest BCUT2D eigenvalue weighted by atomic mass is 32.2. The van der Waals surface area contributed by atoms with E-state index in [1.807, 2.05) is 6.92 Å². The first-order chi connectivity index (χ1) is 14.2. The van der Waals surface area contributed by atoms with E-state index in [9.17, 15) is 13.2 Å². The van der Waals surface area contributed by atoms with Crippen LogP contribution in [-0.2, 0) is 10.0 Å². The molecule has 3 aromatic carbocycles. The molecule has 0 saturated heterocycles. The van der Waals surface area contributed by atoms with Crippen molar-refractivity contribution in [3.8, 4) is 0 Å². The van der Waals surface area contributed by atoms with Gasteiger partial charge in [0.25, 0.3) is 15.9 Å². The third-order valence-electron chi connectivity index (χ3n) is 4.38. The van der Waals surface area contributed by atoms with Crippen LogP contribution in [0.25, 0.3) is 0 Å². The van der Waals surface area contributed by atoms with E-state index < -0.39 is 10.0 Å². The monoisotopic (exact) mass is 422 g/mol. The molecular weight excluding hydrogens is 400 g/mol. The number of nitrogen functional groups attached to an aromatic ring is 1. The van der Waals surface area contributed by atoms with Crippen LogP contribution >= 0.6 is 0 Å². The predicted molar refractivity (Wildman–Crippen MR) is 119 cm³/mol. The summed E-state index contributed by atoms with van der Waals surface area (Å²) in [5.41, 5.74) is 11.9. The Bertz CT molecular complexity index is 1170. The van der Waals surface area contributed by atoms with E-state index in [0.29, 0.717) is 22.6 Å². The molecule has 0 aliphatic heterocycles. The molecule has 0 unspecified atom stereocenters. The molecule has 0 aliphatic carbocycles. The van der Waals surface area contributed by atoms with E-state index in [4.69, 9.17) is 5.73 Å². The molecule has 1 amide bonds. The van der Waals surface area contributed by atoms with Crippen LogP contribution < -0.4 is 15.9 Å². The number of nitrogens with zero attached hydrogens (tertiary/aromatic N) is 1. The molecule has 0 heterocycles. The Hall–Kier alpha value is -3.65. The number of carbonyl (C=O) groups is 1. The topological polar surface area (TPSA) is 114 Å². The van der Waals surface area contributed by atoms with Crippen LogP contribution in [0, 0.1) is 6.92 Å². The number of nitrogens with one attached hydrogen (secondary N) is 2. The van der Waals surface area contributed by atoms with Gasteiger partial charge in [-0.05, 0) is 67.9 Å². The molecule has 0 atom stereocenters. The van der Waals surface area contributed by atoms with Gasteiger partial charge in [0.1, 0.15) is 0 Å². The van der Waals surface area contributed by atoms with Crippen molar-refractivity contribution in [2.75, 3.05) is 10.5 Å². The second-order valence-corrected chi connectivity index (χ2v) is 8.44. The lowest BCUT2D eigenvalue weighted by molar-refractivity contribution is 0.0955. The number of nitrogens with two attached hydrogens (primary N) is 1. The lowest BCUT2D eigenvalue weighted by Crippen LogP contribution is -2.19. The van der Waals surface area contributed by atoms with Crippen LogP contribution in [0.4, 0.5) is 11.4 Å². The van der Waals surface area contributed by atoms with E-state index in [2.05, 4.69) is 15.2 Å². The number of rotatable bonds is 6. The first-order valence-corrected chi connectivity index (χ1v) is 10.6. The molecule has 3 rings (SSSR count). The lowest BCUT2D eigenvalue weighted by Gasteiger charge is -2.09. The van der Waals surface area contributed by atoms with Gasteiger partial charge >= 0.3 is 0 Å². The molecule has 0 bridgehead atoms. The van der Waals surface area contributed by atoms with Crippen molar-refractivity contribution in [3.63, 3.8) is 0 Å². The summed E-state index contributed by atoms with van der Waals surface area (Å²) in [5.74, 6) is -0.350. The summed E-state index contributed by atoms with van der Waals surface area (Å²) in [5, 5.41) is 4.10. The highest BCUT2D eigenvalue weighted by Crippen LogP contribution is 2.17. The Morgan fingerprint density at radius 2 is 1.43 bits per heavy atom. The van der Waals surface area contributed by atoms with Crippen LogP contribution in [0.3, 0.4) is 0 Å². The summed E-state index contributed by atoms with van der Waals surface area (Å²) < 4.78 is 27.5. The van der Waals surface area contributed by atoms with Crippen molar-refractivity contribution in [1.29, 1.82) is 0 Å². The molecule has 8 heteroatoms. The Kier molecular flexibility index (Phi) is 6.17. The minimum absolute atomic E-state index is 0.195. The first kappa shape index (κ1) is 21.1. The molecule has 30 heavy (non-hydrogen) atoms. The zero-order valence-corrected chi connectivity index (χ0v) is 17.4. The van der Waals surface area contributed by atoms with E-state index in [-0.39, 0.29) is 10.8 Å². The predicted octanol–water partition coefficient (Wildman–Crippen LogP) is 3.53. The number of amides is 1. The summed E-state index contributed by atoms with van der Waals surface area (Å²) in [6, 6.07) is 19.9. The average molecular weight is 423 g/mol. The minimum atomic E-state index is -3.66. The highest BCUT2D eigenvalue weighted by molar-refractivity contribution is 7.92. The summed E-state index contributed by atoms with van der Waals surface area (Å²) in [7, 11) is -3.66. The Morgan fingerprint density at radius 3 is 2.03 bits per heavy atom. The third-order valence-corrected chi connectivity index (χ3v) is 5.78. The van der Waals surface area contributed by atoms with Gasteiger partial charge in [0, 0.05) is 16.9 Å². The van der Waals surface area contributed by atoms with Crippen molar-refractivity contribution in [2.24, 2.45) is 5.10 Å². The minimum Gasteiger partial charge on any atom is -0.399 e. The maximum absolute atomic E-state index is 12.5. The number of anilines is 2. The van der Waals surface area contributed by atoms with Crippen LogP contribution in [0.15, 0.2) is 82.8 Å². The molecular formula is C22H22N4O3S. The third kappa shape index (κ3) is 5.24. The van der Waals surface area contributed by atoms with Crippen LogP contribution in [-0.4, -0.2) is 20.0 Å². The fraction of sp³-hybridized carbons (Fsp3) is 0.0909. The number of carbonyl (C=O) groups excluding carboxylic acids is 1. The number of benzene rings is 3. The molecule has 0 fully saturated rings. The molecule has 154 valence electrons. The van der Waals surface area contributed by atoms with E-state index in [0.717, 1.165) is 11.1 Å². The molecule has 0 aromatic heterocycles. The van der Waals surface area contributed by atoms with Gasteiger partial charge in [0.2, 0.25) is 0 Å². The number of hydrogen-bond acceptors (Lipinski definition) is 5. The fourth-order valence-corrected chi connectivity index (χ4v) is 3.67. The standard InChI is InChI=1S/C22H22N4O3S/c1-15-3-13-21(14-4-15)30(28,29)26-20-11-7-17(8-12-20)16(2)24-25-22(27)18-5-9-19(23)10-6-18/h3-14,26H,23H2,1-2H3,(H,25,27)/b24-16+. The van der Waals surface area contributed by atoms with E-state index >= 15 is 0 Å². The highest BCUT2D eigenvalue weighted by Gasteiger charge is 2.14. The second-order valence-electron chi connectivity index (χ2n) is 6.76. The molecule has 7 nitrogen and oxygen atoms in total. The summed E-state index contributed by atoms with van der Waals surface area (Å²) in [4.78, 5) is 12.3. The lowest BCUT2D eigenvalue weighted by atomic mass is 10.1. The normalized spacial score (nSPS) is 11.7. The molecule has 0 radical (unpaired) electrons. The van der Waals surface area contributed by atoms with Gasteiger partial charge in [-0.1, -0.05) is 29.8 Å². The number of aryl methyl sites for hydroxylation is 1. The molecule has 3 aromatic rings. The van der Waals surface area contributed by atoms with Crippen molar-refractivity contribution in [1.82, 2.24) is 5.43 Å². The van der Waals surface area contributed by atoms with Crippen LogP contribution in [0.1, 0.15) is 28.4 Å². The maximum Gasteiger partial charge on any atom is 0.271 e. The zero-order valence-electron chi connectivity index (χ0n) is 16.6. The van der Waals surface area contributed by atoms with Crippen molar-refractivity contribution >= 4 is 33.0 Å². The van der Waals surface area contributed by atoms with Gasteiger partial charge in [-0.25, -0.2) is 13.8 Å². The fourth-order valence-electron chi connectivity index (χ4n) is 2.61. The van der Waals surface area contributed by atoms with Crippen LogP contribution in [0.5, 0.6) is 0 Å². The van der Waals surface area contributed by atoms with Gasteiger partial charge < -0.3 is 5.73 Å². The first-order valence-electron chi connectivity index (χ1n) is 9.15. The largest absolute Gasteiger partial charge is 0.399 e. The summed E-state index contributed by atoms with van der Waals surface area (Å²) >= 11 is 0. The van der Waals surface area contributed by atoms with Crippen molar-refractivity contribution in [2.45, 2.75) is 18.7 Å². The van der Waals surface area contributed by atoms with E-state index in [1.54, 1.807) is 79.7 Å². The Morgan fingerprint density at radius 1 is 0.867 bits per heavy atom. The molecule has 4 N–H and O–H groups in total.